The van der Waals surface area contributed by atoms with Crippen molar-refractivity contribution in [3.8, 4) is 0 Å². The Bertz CT molecular complexity index is 751. The van der Waals surface area contributed by atoms with Crippen LogP contribution in [0.25, 0.3) is 0 Å². The number of carbonyl (C=O) groups is 2. The molecule has 23 heavy (non-hydrogen) atoms. The number of hydrazone groups is 1. The Morgan fingerprint density at radius 2 is 2.04 bits per heavy atom. The van der Waals surface area contributed by atoms with E-state index in [-0.39, 0.29) is 11.8 Å². The molecule has 1 N–H and O–H groups in total. The fourth-order valence-electron chi connectivity index (χ4n) is 2.32. The second-order valence-electron chi connectivity index (χ2n) is 5.33. The highest BCUT2D eigenvalue weighted by Crippen LogP contribution is 2.11. The molecule has 0 atom stereocenters. The molecule has 0 spiro atoms. The van der Waals surface area contributed by atoms with Crippen molar-refractivity contribution in [2.24, 2.45) is 5.10 Å². The van der Waals surface area contributed by atoms with E-state index in [0.29, 0.717) is 30.8 Å². The lowest BCUT2D eigenvalue weighted by Gasteiger charge is -2.18. The molecule has 7 heteroatoms. The van der Waals surface area contributed by atoms with Crippen molar-refractivity contribution in [2.45, 2.75) is 19.4 Å². The average molecular weight is 311 g/mol. The summed E-state index contributed by atoms with van der Waals surface area (Å²) in [7, 11) is 1.55. The zero-order valence-corrected chi connectivity index (χ0v) is 12.8. The third-order valence-electron chi connectivity index (χ3n) is 3.55. The van der Waals surface area contributed by atoms with Crippen molar-refractivity contribution in [1.82, 2.24) is 14.8 Å². The van der Waals surface area contributed by atoms with Crippen LogP contribution in [-0.4, -0.2) is 39.4 Å². The normalized spacial score (nSPS) is 14.6. The first-order valence-electron chi connectivity index (χ1n) is 7.33. The van der Waals surface area contributed by atoms with E-state index in [9.17, 15) is 9.59 Å². The van der Waals surface area contributed by atoms with E-state index in [1.807, 2.05) is 30.3 Å². The minimum atomic E-state index is -0.302. The maximum atomic E-state index is 12.2. The van der Waals surface area contributed by atoms with Crippen LogP contribution >= 0.6 is 0 Å². The summed E-state index contributed by atoms with van der Waals surface area (Å²) in [6.07, 6.45) is 4.02. The minimum absolute atomic E-state index is 0.0859. The van der Waals surface area contributed by atoms with Crippen molar-refractivity contribution < 1.29 is 9.59 Å². The molecule has 0 fully saturated rings. The third-order valence-corrected chi connectivity index (χ3v) is 3.55. The highest BCUT2D eigenvalue weighted by atomic mass is 16.2. The smallest absolute Gasteiger partial charge is 0.271 e. The average Bonchev–Trinajstić information content (AvgIpc) is 2.98. The van der Waals surface area contributed by atoms with E-state index >= 15 is 0 Å². The Labute approximate surface area is 133 Å². The molecule has 0 saturated heterocycles. The molecule has 118 valence electrons. The van der Waals surface area contributed by atoms with Crippen molar-refractivity contribution in [3.63, 3.8) is 0 Å². The highest BCUT2D eigenvalue weighted by Gasteiger charge is 2.22. The maximum absolute atomic E-state index is 12.2. The van der Waals surface area contributed by atoms with Crippen LogP contribution in [-0.2, 0) is 16.1 Å². The number of benzene rings is 1. The molecule has 0 unspecified atom stereocenters. The van der Waals surface area contributed by atoms with E-state index in [2.05, 4.69) is 15.5 Å². The molecule has 1 aromatic heterocycles. The number of rotatable bonds is 4. The van der Waals surface area contributed by atoms with Gasteiger partial charge in [0.25, 0.3) is 5.91 Å². The van der Waals surface area contributed by atoms with Crippen LogP contribution in [0.3, 0.4) is 0 Å². The van der Waals surface area contributed by atoms with Gasteiger partial charge in [0.1, 0.15) is 5.71 Å². The van der Waals surface area contributed by atoms with Gasteiger partial charge in [-0.1, -0.05) is 30.3 Å². The summed E-state index contributed by atoms with van der Waals surface area (Å²) in [5, 5.41) is 12.2. The summed E-state index contributed by atoms with van der Waals surface area (Å²) in [5.41, 5.74) is 2.08. The van der Waals surface area contributed by atoms with Crippen molar-refractivity contribution >= 4 is 23.2 Å². The van der Waals surface area contributed by atoms with Gasteiger partial charge in [-0.05, 0) is 5.56 Å². The number of anilines is 1. The van der Waals surface area contributed by atoms with E-state index in [1.165, 1.54) is 5.01 Å². The number of aromatic nitrogens is 2. The van der Waals surface area contributed by atoms with Crippen LogP contribution in [0.5, 0.6) is 0 Å². The quantitative estimate of drug-likeness (QED) is 0.928. The molecule has 7 nitrogen and oxygen atoms in total. The van der Waals surface area contributed by atoms with Gasteiger partial charge in [-0.3, -0.25) is 14.3 Å². The summed E-state index contributed by atoms with van der Waals surface area (Å²) in [6, 6.07) is 9.94. The molecule has 1 aliphatic heterocycles. The number of nitrogens with one attached hydrogen (secondary N) is 1. The van der Waals surface area contributed by atoms with Crippen LogP contribution in [0.15, 0.2) is 47.8 Å². The lowest BCUT2D eigenvalue weighted by Crippen LogP contribution is -2.34. The number of hydrogen-bond acceptors (Lipinski definition) is 4. The van der Waals surface area contributed by atoms with Gasteiger partial charge in [0.15, 0.2) is 0 Å². The monoisotopic (exact) mass is 311 g/mol. The first-order valence-corrected chi connectivity index (χ1v) is 7.33. The Kier molecular flexibility index (Phi) is 4.18. The Hall–Kier alpha value is -2.96. The van der Waals surface area contributed by atoms with E-state index in [4.69, 9.17) is 0 Å². The molecule has 0 aliphatic carbocycles. The van der Waals surface area contributed by atoms with Crippen LogP contribution in [0.4, 0.5) is 5.69 Å². The molecule has 0 bridgehead atoms. The molecule has 2 heterocycles. The summed E-state index contributed by atoms with van der Waals surface area (Å²) in [6.45, 7) is 0.634. The fourth-order valence-corrected chi connectivity index (χ4v) is 2.32. The predicted octanol–water partition coefficient (Wildman–Crippen LogP) is 1.48. The molecule has 1 aliphatic rings. The zero-order valence-electron chi connectivity index (χ0n) is 12.8. The summed E-state index contributed by atoms with van der Waals surface area (Å²) >= 11 is 0. The SMILES string of the molecule is CN1N=C(C(=O)Nc2cnn(Cc3ccccc3)c2)CCC1=O. The number of carbonyl (C=O) groups excluding carboxylic acids is 2. The minimum Gasteiger partial charge on any atom is -0.318 e. The number of hydrogen-bond donors (Lipinski definition) is 1. The second kappa shape index (κ2) is 6.43. The van der Waals surface area contributed by atoms with Crippen molar-refractivity contribution in [3.05, 3.63) is 48.3 Å². The van der Waals surface area contributed by atoms with Gasteiger partial charge in [-0.15, -0.1) is 0 Å². The van der Waals surface area contributed by atoms with Crippen LogP contribution < -0.4 is 5.32 Å². The highest BCUT2D eigenvalue weighted by molar-refractivity contribution is 6.43. The van der Waals surface area contributed by atoms with Gasteiger partial charge in [0.2, 0.25) is 5.91 Å². The first kappa shape index (κ1) is 15.0. The molecule has 0 saturated carbocycles. The third kappa shape index (κ3) is 3.63. The molecular formula is C16H17N5O2. The number of nitrogens with zero attached hydrogens (tertiary/aromatic N) is 4. The summed E-state index contributed by atoms with van der Waals surface area (Å²) < 4.78 is 1.75. The van der Waals surface area contributed by atoms with Gasteiger partial charge >= 0.3 is 0 Å². The van der Waals surface area contributed by atoms with Crippen LogP contribution in [0.1, 0.15) is 18.4 Å². The van der Waals surface area contributed by atoms with Gasteiger partial charge in [0, 0.05) is 26.1 Å². The van der Waals surface area contributed by atoms with Gasteiger partial charge in [-0.2, -0.15) is 10.2 Å². The Balaban J connectivity index is 1.64. The van der Waals surface area contributed by atoms with Crippen molar-refractivity contribution in [1.29, 1.82) is 0 Å². The molecule has 2 aromatic rings. The van der Waals surface area contributed by atoms with Gasteiger partial charge < -0.3 is 5.32 Å². The Morgan fingerprint density at radius 1 is 1.26 bits per heavy atom. The fraction of sp³-hybridized carbons (Fsp3) is 0.250. The van der Waals surface area contributed by atoms with Crippen molar-refractivity contribution in [2.75, 3.05) is 12.4 Å². The molecular weight excluding hydrogens is 294 g/mol. The van der Waals surface area contributed by atoms with Gasteiger partial charge in [-0.25, -0.2) is 5.01 Å². The molecule has 0 radical (unpaired) electrons. The second-order valence-corrected chi connectivity index (χ2v) is 5.33. The molecule has 3 rings (SSSR count). The van der Waals surface area contributed by atoms with E-state index < -0.39 is 0 Å². The lowest BCUT2D eigenvalue weighted by molar-refractivity contribution is -0.130. The summed E-state index contributed by atoms with van der Waals surface area (Å²) in [5.74, 6) is -0.388. The molecule has 2 amide bonds. The number of amides is 2. The van der Waals surface area contributed by atoms with E-state index in [0.717, 1.165) is 5.56 Å². The van der Waals surface area contributed by atoms with E-state index in [1.54, 1.807) is 24.1 Å². The Morgan fingerprint density at radius 3 is 2.78 bits per heavy atom. The zero-order chi connectivity index (χ0) is 16.2. The van der Waals surface area contributed by atoms with Gasteiger partial charge in [0.05, 0.1) is 18.4 Å². The molecule has 1 aromatic carbocycles. The van der Waals surface area contributed by atoms with Crippen LogP contribution in [0, 0.1) is 0 Å². The topological polar surface area (TPSA) is 79.6 Å². The largest absolute Gasteiger partial charge is 0.318 e. The lowest BCUT2D eigenvalue weighted by atomic mass is 10.1. The first-order chi connectivity index (χ1) is 11.1. The predicted molar refractivity (Wildman–Crippen MR) is 85.8 cm³/mol. The summed E-state index contributed by atoms with van der Waals surface area (Å²) in [4.78, 5) is 23.5. The standard InChI is InChI=1S/C16H17N5O2/c1-20-15(22)8-7-14(19-20)16(23)18-13-9-17-21(11-13)10-12-5-3-2-4-6-12/h2-6,9,11H,7-8,10H2,1H3,(H,18,23). The maximum Gasteiger partial charge on any atom is 0.271 e. The van der Waals surface area contributed by atoms with Crippen LogP contribution in [0.2, 0.25) is 0 Å².